The monoisotopic (exact) mass is 622 g/mol. The van der Waals surface area contributed by atoms with Crippen LogP contribution in [0, 0.1) is 0 Å². The maximum absolute atomic E-state index is 13.0. The summed E-state index contributed by atoms with van der Waals surface area (Å²) in [6.07, 6.45) is 2.92. The molecular weight excluding hydrogens is 596 g/mol. The number of thiazole rings is 1. The molecule has 10 heteroatoms. The molecule has 0 aliphatic carbocycles. The average Bonchev–Trinajstić information content (AvgIpc) is 3.56. The number of morpholine rings is 1. The van der Waals surface area contributed by atoms with E-state index in [1.54, 1.807) is 35.6 Å². The third kappa shape index (κ3) is 5.39. The maximum Gasteiger partial charge on any atom is 0.243 e. The number of para-hydroxylation sites is 1. The zero-order valence-electron chi connectivity index (χ0n) is 21.1. The lowest BCUT2D eigenvalue weighted by Crippen LogP contribution is -2.40. The Labute approximate surface area is 239 Å². The molecule has 200 valence electrons. The number of fused-ring (bicyclic) bond motifs is 1. The minimum absolute atomic E-state index is 0.274. The fraction of sp³-hybridized carbons (Fsp3) is 0.207. The summed E-state index contributed by atoms with van der Waals surface area (Å²) in [6, 6.07) is 23.3. The molecule has 1 saturated heterocycles. The zero-order valence-corrected chi connectivity index (χ0v) is 24.3. The van der Waals surface area contributed by atoms with Crippen molar-refractivity contribution in [2.24, 2.45) is 4.99 Å². The fourth-order valence-corrected chi connectivity index (χ4v) is 7.67. The van der Waals surface area contributed by atoms with Gasteiger partial charge in [0, 0.05) is 52.2 Å². The standard InChI is InChI=1S/C29H27BrN4O3S2/c30-26-7-3-1-6-25(26)28-20-38-29(34(28)14-13-21-19-31-27-8-4-2-5-24(21)27)32-22-9-11-23(12-10-22)39(35,36)33-15-17-37-18-16-33/h1-12,19-20,31H,13-18H2. The van der Waals surface area contributed by atoms with Gasteiger partial charge in [0.1, 0.15) is 0 Å². The average molecular weight is 624 g/mol. The van der Waals surface area contributed by atoms with Gasteiger partial charge in [-0.2, -0.15) is 4.31 Å². The summed E-state index contributed by atoms with van der Waals surface area (Å²) in [5.41, 5.74) is 5.27. The first-order chi connectivity index (χ1) is 19.0. The molecule has 1 N–H and O–H groups in total. The number of rotatable bonds is 7. The summed E-state index contributed by atoms with van der Waals surface area (Å²) in [5.74, 6) is 0. The third-order valence-electron chi connectivity index (χ3n) is 6.90. The molecule has 0 atom stereocenters. The van der Waals surface area contributed by atoms with Gasteiger partial charge in [0.2, 0.25) is 10.0 Å². The number of aryl methyl sites for hydroxylation is 1. The first kappa shape index (κ1) is 26.2. The number of ether oxygens (including phenoxy) is 1. The van der Waals surface area contributed by atoms with E-state index in [0.717, 1.165) is 39.0 Å². The van der Waals surface area contributed by atoms with E-state index >= 15 is 0 Å². The van der Waals surface area contributed by atoms with Crippen molar-refractivity contribution in [3.05, 3.63) is 99.2 Å². The Bertz CT molecular complexity index is 1780. The molecule has 0 bridgehead atoms. The number of sulfonamides is 1. The quantitative estimate of drug-likeness (QED) is 0.243. The summed E-state index contributed by atoms with van der Waals surface area (Å²) >= 11 is 5.29. The van der Waals surface area contributed by atoms with Gasteiger partial charge in [0.15, 0.2) is 4.80 Å². The molecule has 5 aromatic rings. The van der Waals surface area contributed by atoms with Crippen LogP contribution in [0.15, 0.2) is 98.7 Å². The van der Waals surface area contributed by atoms with Crippen LogP contribution in [0.1, 0.15) is 5.56 Å². The number of halogens is 1. The van der Waals surface area contributed by atoms with Crippen LogP contribution in [0.5, 0.6) is 0 Å². The highest BCUT2D eigenvalue weighted by molar-refractivity contribution is 9.10. The molecule has 0 amide bonds. The Kier molecular flexibility index (Phi) is 7.55. The first-order valence-electron chi connectivity index (χ1n) is 12.7. The lowest BCUT2D eigenvalue weighted by molar-refractivity contribution is 0.0730. The Morgan fingerprint density at radius 3 is 2.51 bits per heavy atom. The van der Waals surface area contributed by atoms with Crippen molar-refractivity contribution in [3.63, 3.8) is 0 Å². The van der Waals surface area contributed by atoms with Gasteiger partial charge in [-0.05, 0) is 48.4 Å². The Morgan fingerprint density at radius 2 is 1.72 bits per heavy atom. The van der Waals surface area contributed by atoms with Gasteiger partial charge in [0.05, 0.1) is 29.5 Å². The molecule has 1 fully saturated rings. The van der Waals surface area contributed by atoms with Crippen LogP contribution in [0.25, 0.3) is 22.2 Å². The number of nitrogens with zero attached hydrogens (tertiary/aromatic N) is 3. The Hall–Kier alpha value is -3.02. The van der Waals surface area contributed by atoms with Crippen molar-refractivity contribution in [2.45, 2.75) is 17.9 Å². The minimum Gasteiger partial charge on any atom is -0.379 e. The molecular formula is C29H27BrN4O3S2. The van der Waals surface area contributed by atoms with Gasteiger partial charge in [-0.25, -0.2) is 13.4 Å². The predicted octanol–water partition coefficient (Wildman–Crippen LogP) is 5.96. The maximum atomic E-state index is 13.0. The number of nitrogens with one attached hydrogen (secondary N) is 1. The van der Waals surface area contributed by atoms with Crippen LogP contribution in [0.3, 0.4) is 0 Å². The summed E-state index contributed by atoms with van der Waals surface area (Å²) in [6.45, 7) is 2.33. The summed E-state index contributed by atoms with van der Waals surface area (Å²) in [4.78, 5) is 9.44. The van der Waals surface area contributed by atoms with Crippen LogP contribution < -0.4 is 4.80 Å². The molecule has 0 saturated carbocycles. The predicted molar refractivity (Wildman–Crippen MR) is 159 cm³/mol. The van der Waals surface area contributed by atoms with Crippen molar-refractivity contribution < 1.29 is 13.2 Å². The molecule has 0 radical (unpaired) electrons. The zero-order chi connectivity index (χ0) is 26.8. The summed E-state index contributed by atoms with van der Waals surface area (Å²) < 4.78 is 36.1. The molecule has 6 rings (SSSR count). The van der Waals surface area contributed by atoms with Gasteiger partial charge in [-0.15, -0.1) is 11.3 Å². The van der Waals surface area contributed by atoms with Crippen molar-refractivity contribution in [2.75, 3.05) is 26.3 Å². The minimum atomic E-state index is -3.55. The van der Waals surface area contributed by atoms with E-state index in [2.05, 4.69) is 61.3 Å². The number of hydrogen-bond donors (Lipinski definition) is 1. The number of aromatic amines is 1. The smallest absolute Gasteiger partial charge is 0.243 e. The van der Waals surface area contributed by atoms with Gasteiger partial charge < -0.3 is 14.3 Å². The number of aromatic nitrogens is 2. The van der Waals surface area contributed by atoms with E-state index in [0.29, 0.717) is 32.0 Å². The van der Waals surface area contributed by atoms with E-state index in [1.165, 1.54) is 15.3 Å². The highest BCUT2D eigenvalue weighted by atomic mass is 79.9. The lowest BCUT2D eigenvalue weighted by Gasteiger charge is -2.26. The number of benzene rings is 3. The highest BCUT2D eigenvalue weighted by Crippen LogP contribution is 2.29. The number of hydrogen-bond acceptors (Lipinski definition) is 5. The summed E-state index contributed by atoms with van der Waals surface area (Å²) in [5, 5.41) is 3.36. The third-order valence-corrected chi connectivity index (χ3v) is 10.4. The topological polar surface area (TPSA) is 79.7 Å². The fourth-order valence-electron chi connectivity index (χ4n) is 4.83. The first-order valence-corrected chi connectivity index (χ1v) is 15.8. The second kappa shape index (κ2) is 11.2. The Balaban J connectivity index is 1.35. The van der Waals surface area contributed by atoms with Gasteiger partial charge in [-0.1, -0.05) is 52.3 Å². The molecule has 2 aromatic heterocycles. The van der Waals surface area contributed by atoms with E-state index in [4.69, 9.17) is 9.73 Å². The van der Waals surface area contributed by atoms with Crippen molar-refractivity contribution in [1.82, 2.24) is 13.9 Å². The molecule has 0 unspecified atom stereocenters. The summed E-state index contributed by atoms with van der Waals surface area (Å²) in [7, 11) is -3.55. The van der Waals surface area contributed by atoms with Crippen LogP contribution in [0.4, 0.5) is 5.69 Å². The van der Waals surface area contributed by atoms with Crippen molar-refractivity contribution in [1.29, 1.82) is 0 Å². The van der Waals surface area contributed by atoms with E-state index in [-0.39, 0.29) is 4.90 Å². The molecule has 3 heterocycles. The largest absolute Gasteiger partial charge is 0.379 e. The second-order valence-electron chi connectivity index (χ2n) is 9.27. The van der Waals surface area contributed by atoms with Crippen LogP contribution in [-0.4, -0.2) is 48.6 Å². The normalized spacial score (nSPS) is 15.3. The second-order valence-corrected chi connectivity index (χ2v) is 12.9. The van der Waals surface area contributed by atoms with E-state index < -0.39 is 10.0 Å². The lowest BCUT2D eigenvalue weighted by atomic mass is 10.1. The molecule has 7 nitrogen and oxygen atoms in total. The molecule has 1 aliphatic rings. The van der Waals surface area contributed by atoms with Crippen molar-refractivity contribution >= 4 is 53.9 Å². The van der Waals surface area contributed by atoms with Crippen LogP contribution in [-0.2, 0) is 27.7 Å². The van der Waals surface area contributed by atoms with Gasteiger partial charge in [0.25, 0.3) is 0 Å². The number of H-pyrrole nitrogens is 1. The van der Waals surface area contributed by atoms with Crippen LogP contribution >= 0.6 is 27.3 Å². The van der Waals surface area contributed by atoms with Crippen molar-refractivity contribution in [3.8, 4) is 11.3 Å². The van der Waals surface area contributed by atoms with Gasteiger partial charge in [-0.3, -0.25) is 0 Å². The molecule has 39 heavy (non-hydrogen) atoms. The van der Waals surface area contributed by atoms with Gasteiger partial charge >= 0.3 is 0 Å². The Morgan fingerprint density at radius 1 is 0.974 bits per heavy atom. The van der Waals surface area contributed by atoms with Crippen LogP contribution in [0.2, 0.25) is 0 Å². The highest BCUT2D eigenvalue weighted by Gasteiger charge is 2.26. The molecule has 1 aliphatic heterocycles. The molecule has 3 aromatic carbocycles. The molecule has 0 spiro atoms. The van der Waals surface area contributed by atoms with E-state index in [1.807, 2.05) is 24.3 Å². The SMILES string of the molecule is O=S(=O)(c1ccc(N=c2scc(-c3ccccc3Br)n2CCc2c[nH]c3ccccc23)cc1)N1CCOCC1. The van der Waals surface area contributed by atoms with E-state index in [9.17, 15) is 8.42 Å².